The Morgan fingerprint density at radius 3 is 1.04 bits per heavy atom. The molecular formula is C48H33Br3N2S2. The lowest BCUT2D eigenvalue weighted by molar-refractivity contribution is 1.29. The van der Waals surface area contributed by atoms with E-state index >= 15 is 0 Å². The van der Waals surface area contributed by atoms with E-state index < -0.39 is 0 Å². The number of thiophene rings is 2. The van der Waals surface area contributed by atoms with Gasteiger partial charge in [0.2, 0.25) is 0 Å². The molecule has 0 fully saturated rings. The lowest BCUT2D eigenvalue weighted by atomic mass is 10.1. The number of nitrogens with zero attached hydrogens (tertiary/aromatic N) is 1. The van der Waals surface area contributed by atoms with Gasteiger partial charge in [-0.3, -0.25) is 0 Å². The summed E-state index contributed by atoms with van der Waals surface area (Å²) in [6, 6.07) is 67.5. The number of halogens is 3. The van der Waals surface area contributed by atoms with Gasteiger partial charge in [0.05, 0.1) is 0 Å². The second kappa shape index (κ2) is 17.4. The number of nitrogens with one attached hydrogen (secondary N) is 1. The summed E-state index contributed by atoms with van der Waals surface area (Å²) in [6.45, 7) is 0. The van der Waals surface area contributed by atoms with Crippen molar-refractivity contribution in [3.8, 4) is 0 Å². The Labute approximate surface area is 354 Å². The summed E-state index contributed by atoms with van der Waals surface area (Å²) >= 11 is 14.3. The molecule has 2 aromatic heterocycles. The van der Waals surface area contributed by atoms with Gasteiger partial charge in [0, 0.05) is 82.2 Å². The van der Waals surface area contributed by atoms with Crippen LogP contribution in [0.25, 0.3) is 40.3 Å². The van der Waals surface area contributed by atoms with Gasteiger partial charge in [-0.1, -0.05) is 121 Å². The molecule has 7 heteroatoms. The van der Waals surface area contributed by atoms with Crippen LogP contribution in [0.3, 0.4) is 0 Å². The molecule has 0 aliphatic carbocycles. The summed E-state index contributed by atoms with van der Waals surface area (Å²) in [7, 11) is 0. The van der Waals surface area contributed by atoms with E-state index in [1.54, 1.807) is 0 Å². The molecule has 0 unspecified atom stereocenters. The van der Waals surface area contributed by atoms with E-state index in [-0.39, 0.29) is 0 Å². The molecule has 0 saturated heterocycles. The van der Waals surface area contributed by atoms with Gasteiger partial charge in [-0.2, -0.15) is 0 Å². The van der Waals surface area contributed by atoms with Gasteiger partial charge in [0.15, 0.2) is 0 Å². The Hall–Kier alpha value is -4.76. The summed E-state index contributed by atoms with van der Waals surface area (Å²) in [5.74, 6) is 0. The van der Waals surface area contributed by atoms with Gasteiger partial charge in [-0.05, 0) is 121 Å². The van der Waals surface area contributed by atoms with E-state index in [0.29, 0.717) is 0 Å². The molecule has 0 saturated carbocycles. The summed E-state index contributed by atoms with van der Waals surface area (Å²) < 4.78 is 8.69. The molecule has 10 rings (SSSR count). The van der Waals surface area contributed by atoms with Crippen molar-refractivity contribution in [2.24, 2.45) is 0 Å². The third-order valence-corrected chi connectivity index (χ3v) is 12.7. The Kier molecular flexibility index (Phi) is 11.7. The number of para-hydroxylation sites is 4. The molecule has 1 N–H and O–H groups in total. The van der Waals surface area contributed by atoms with Crippen LogP contribution in [0.5, 0.6) is 0 Å². The van der Waals surface area contributed by atoms with Gasteiger partial charge in [0.1, 0.15) is 0 Å². The number of rotatable bonds is 5. The van der Waals surface area contributed by atoms with Crippen LogP contribution in [0.4, 0.5) is 28.4 Å². The van der Waals surface area contributed by atoms with Crippen molar-refractivity contribution < 1.29 is 0 Å². The van der Waals surface area contributed by atoms with E-state index in [4.69, 9.17) is 0 Å². The van der Waals surface area contributed by atoms with Crippen LogP contribution in [0.15, 0.2) is 208 Å². The second-order valence-electron chi connectivity index (χ2n) is 12.7. The van der Waals surface area contributed by atoms with Gasteiger partial charge < -0.3 is 10.2 Å². The average molecular weight is 942 g/mol. The monoisotopic (exact) mass is 938 g/mol. The van der Waals surface area contributed by atoms with E-state index in [2.05, 4.69) is 191 Å². The van der Waals surface area contributed by atoms with E-state index in [0.717, 1.165) is 36.2 Å². The first-order chi connectivity index (χ1) is 27.0. The average Bonchev–Trinajstić information content (AvgIpc) is 3.77. The summed E-state index contributed by atoms with van der Waals surface area (Å²) in [4.78, 5) is 2.31. The van der Waals surface area contributed by atoms with Crippen LogP contribution in [0, 0.1) is 0 Å². The van der Waals surface area contributed by atoms with Gasteiger partial charge >= 0.3 is 0 Å². The minimum Gasteiger partial charge on any atom is -0.356 e. The highest BCUT2D eigenvalue weighted by Gasteiger charge is 2.14. The van der Waals surface area contributed by atoms with Crippen LogP contribution in [0.1, 0.15) is 0 Å². The lowest BCUT2D eigenvalue weighted by Gasteiger charge is -2.25. The standard InChI is InChI=1S/C24H16BrNS.C12H6Br2S.C12H11N/c25-17-11-13-23-21(15-17)22-16-20(12-14-24(22)27-23)26(18-7-3-1-4-8-18)19-9-5-2-6-10-19;13-7-1-3-11-9(5-7)10-6-8(14)2-4-12(10)15-11;1-3-7-11(8-4-1)13-12-9-5-2-6-10-12/h1-16H;1-6H;1-10,13H. The Morgan fingerprint density at radius 2 is 0.655 bits per heavy atom. The van der Waals surface area contributed by atoms with Crippen LogP contribution in [0.2, 0.25) is 0 Å². The zero-order valence-electron chi connectivity index (χ0n) is 29.4. The minimum atomic E-state index is 1.11. The van der Waals surface area contributed by atoms with Crippen molar-refractivity contribution in [2.75, 3.05) is 10.2 Å². The third-order valence-electron chi connectivity index (χ3n) is 8.93. The molecule has 0 aliphatic rings. The molecule has 0 bridgehead atoms. The molecule has 0 atom stereocenters. The highest BCUT2D eigenvalue weighted by molar-refractivity contribution is 9.11. The topological polar surface area (TPSA) is 15.3 Å². The van der Waals surface area contributed by atoms with Crippen molar-refractivity contribution in [3.63, 3.8) is 0 Å². The first kappa shape index (κ1) is 37.2. The maximum atomic E-state index is 3.62. The fourth-order valence-corrected chi connectivity index (χ4v) is 9.63. The van der Waals surface area contributed by atoms with Crippen molar-refractivity contribution in [1.82, 2.24) is 0 Å². The quantitative estimate of drug-likeness (QED) is 0.185. The van der Waals surface area contributed by atoms with Crippen LogP contribution in [-0.2, 0) is 0 Å². The largest absolute Gasteiger partial charge is 0.356 e. The van der Waals surface area contributed by atoms with Gasteiger partial charge in [0.25, 0.3) is 0 Å². The number of benzene rings is 8. The number of hydrogen-bond acceptors (Lipinski definition) is 4. The molecule has 268 valence electrons. The van der Waals surface area contributed by atoms with Crippen LogP contribution in [-0.4, -0.2) is 0 Å². The highest BCUT2D eigenvalue weighted by atomic mass is 79.9. The summed E-state index contributed by atoms with van der Waals surface area (Å²) in [5.41, 5.74) is 5.72. The van der Waals surface area contributed by atoms with Crippen molar-refractivity contribution >= 4 is 139 Å². The van der Waals surface area contributed by atoms with E-state index in [9.17, 15) is 0 Å². The predicted molar refractivity (Wildman–Crippen MR) is 253 cm³/mol. The molecule has 2 nitrogen and oxygen atoms in total. The molecule has 0 spiro atoms. The van der Waals surface area contributed by atoms with Crippen LogP contribution < -0.4 is 10.2 Å². The van der Waals surface area contributed by atoms with Crippen molar-refractivity contribution in [1.29, 1.82) is 0 Å². The Balaban J connectivity index is 0.000000129. The van der Waals surface area contributed by atoms with Crippen molar-refractivity contribution in [3.05, 3.63) is 208 Å². The minimum absolute atomic E-state index is 1.11. The van der Waals surface area contributed by atoms with Gasteiger partial charge in [-0.25, -0.2) is 0 Å². The first-order valence-corrected chi connectivity index (χ1v) is 21.7. The SMILES string of the molecule is Brc1ccc2sc3ccc(Br)cc3c2c1.Brc1ccc2sc3ccc(N(c4ccccc4)c4ccccc4)cc3c2c1.c1ccc(Nc2ccccc2)cc1. The van der Waals surface area contributed by atoms with Gasteiger partial charge in [-0.15, -0.1) is 22.7 Å². The zero-order valence-corrected chi connectivity index (χ0v) is 35.8. The number of fused-ring (bicyclic) bond motifs is 6. The summed E-state index contributed by atoms with van der Waals surface area (Å²) in [5, 5.41) is 8.55. The number of anilines is 5. The molecule has 55 heavy (non-hydrogen) atoms. The zero-order chi connectivity index (χ0) is 37.6. The molecule has 8 aromatic carbocycles. The fourth-order valence-electron chi connectivity index (χ4n) is 6.41. The molecule has 0 aliphatic heterocycles. The third kappa shape index (κ3) is 8.88. The van der Waals surface area contributed by atoms with E-state index in [1.807, 2.05) is 83.3 Å². The lowest BCUT2D eigenvalue weighted by Crippen LogP contribution is -2.09. The highest BCUT2D eigenvalue weighted by Crippen LogP contribution is 2.41. The second-order valence-corrected chi connectivity index (χ2v) is 17.6. The molecular weight excluding hydrogens is 908 g/mol. The number of hydrogen-bond donors (Lipinski definition) is 1. The molecule has 0 amide bonds. The van der Waals surface area contributed by atoms with Crippen LogP contribution >= 0.6 is 70.5 Å². The first-order valence-electron chi connectivity index (χ1n) is 17.6. The van der Waals surface area contributed by atoms with E-state index in [1.165, 1.54) is 46.0 Å². The normalized spacial score (nSPS) is 10.8. The van der Waals surface area contributed by atoms with Crippen molar-refractivity contribution in [2.45, 2.75) is 0 Å². The fraction of sp³-hybridized carbons (Fsp3) is 0. The smallest absolute Gasteiger partial charge is 0.0468 e. The maximum absolute atomic E-state index is 3.62. The Morgan fingerprint density at radius 1 is 0.327 bits per heavy atom. The molecule has 0 radical (unpaired) electrons. The maximum Gasteiger partial charge on any atom is 0.0468 e. The molecule has 2 heterocycles. The molecule has 10 aromatic rings. The summed E-state index contributed by atoms with van der Waals surface area (Å²) in [6.07, 6.45) is 0. The predicted octanol–water partition coefficient (Wildman–Crippen LogP) is 17.3. The Bertz CT molecular complexity index is 2690.